The topological polar surface area (TPSA) is 56.5 Å². The molecule has 1 aromatic carbocycles. The maximum atomic E-state index is 11.9. The molecule has 0 radical (unpaired) electrons. The van der Waals surface area contributed by atoms with Gasteiger partial charge in [0, 0.05) is 6.07 Å². The Labute approximate surface area is 83.7 Å². The molecule has 0 bridgehead atoms. The van der Waals surface area contributed by atoms with E-state index in [0.29, 0.717) is 5.75 Å². The first-order chi connectivity index (χ1) is 6.96. The number of methoxy groups -OCH3 is 1. The molecule has 0 unspecified atom stereocenters. The van der Waals surface area contributed by atoms with Crippen LogP contribution in [-0.2, 0) is 0 Å². The molecule has 7 heteroatoms. The average Bonchev–Trinajstić information content (AvgIpc) is 2.16. The third kappa shape index (κ3) is 3.21. The van der Waals surface area contributed by atoms with Crippen LogP contribution in [0.25, 0.3) is 0 Å². The molecule has 0 aliphatic heterocycles. The lowest BCUT2D eigenvalue weighted by Crippen LogP contribution is -2.19. The molecule has 84 valence electrons. The smallest absolute Gasteiger partial charge is 0.497 e. The minimum absolute atomic E-state index is 0.00771. The quantitative estimate of drug-likeness (QED) is 0.605. The molecule has 0 saturated carbocycles. The van der Waals surface area contributed by atoms with Crippen LogP contribution in [0, 0.1) is 0 Å². The van der Waals surface area contributed by atoms with Crippen LogP contribution in [0.5, 0.6) is 11.5 Å². The maximum Gasteiger partial charge on any atom is 0.573 e. The molecule has 3 N–H and O–H groups in total. The summed E-state index contributed by atoms with van der Waals surface area (Å²) < 4.78 is 44.3. The molecule has 0 aromatic heterocycles. The average molecular weight is 222 g/mol. The molecule has 4 nitrogen and oxygen atoms in total. The molecule has 0 fully saturated rings. The van der Waals surface area contributed by atoms with E-state index in [2.05, 4.69) is 10.2 Å². The highest BCUT2D eigenvalue weighted by Gasteiger charge is 2.32. The van der Waals surface area contributed by atoms with E-state index < -0.39 is 12.1 Å². The van der Waals surface area contributed by atoms with Crippen molar-refractivity contribution in [1.82, 2.24) is 0 Å². The van der Waals surface area contributed by atoms with Gasteiger partial charge in [-0.2, -0.15) is 0 Å². The fraction of sp³-hybridized carbons (Fsp3) is 0.250. The van der Waals surface area contributed by atoms with Crippen LogP contribution < -0.4 is 20.7 Å². The molecule has 0 spiro atoms. The van der Waals surface area contributed by atoms with Crippen molar-refractivity contribution in [3.63, 3.8) is 0 Å². The summed E-state index contributed by atoms with van der Waals surface area (Å²) in [6.45, 7) is 0. The molecule has 0 amide bonds. The van der Waals surface area contributed by atoms with Gasteiger partial charge in [0.05, 0.1) is 12.8 Å². The van der Waals surface area contributed by atoms with Crippen molar-refractivity contribution in [3.8, 4) is 11.5 Å². The van der Waals surface area contributed by atoms with Crippen LogP contribution in [0.3, 0.4) is 0 Å². The summed E-state index contributed by atoms with van der Waals surface area (Å²) in [5.74, 6) is 5.00. The van der Waals surface area contributed by atoms with Crippen molar-refractivity contribution in [3.05, 3.63) is 18.2 Å². The van der Waals surface area contributed by atoms with Gasteiger partial charge < -0.3 is 14.9 Å². The molecular formula is C8H9F3N2O2. The minimum Gasteiger partial charge on any atom is -0.497 e. The number of nitrogens with one attached hydrogen (secondary N) is 1. The van der Waals surface area contributed by atoms with Crippen LogP contribution in [0.15, 0.2) is 18.2 Å². The Morgan fingerprint density at radius 1 is 1.33 bits per heavy atom. The van der Waals surface area contributed by atoms with Crippen molar-refractivity contribution in [2.24, 2.45) is 5.84 Å². The van der Waals surface area contributed by atoms with Crippen molar-refractivity contribution < 1.29 is 22.6 Å². The van der Waals surface area contributed by atoms with Gasteiger partial charge in [0.2, 0.25) is 0 Å². The van der Waals surface area contributed by atoms with Crippen molar-refractivity contribution in [2.75, 3.05) is 12.5 Å². The second kappa shape index (κ2) is 4.26. The number of hydrogen-bond acceptors (Lipinski definition) is 4. The summed E-state index contributed by atoms with van der Waals surface area (Å²) >= 11 is 0. The van der Waals surface area contributed by atoms with Gasteiger partial charge in [-0.15, -0.1) is 13.2 Å². The lowest BCUT2D eigenvalue weighted by atomic mass is 10.3. The number of nitrogens with two attached hydrogens (primary N) is 1. The van der Waals surface area contributed by atoms with Crippen LogP contribution in [0.1, 0.15) is 0 Å². The number of anilines is 1. The zero-order valence-electron chi connectivity index (χ0n) is 7.76. The highest BCUT2D eigenvalue weighted by Crippen LogP contribution is 2.32. The summed E-state index contributed by atoms with van der Waals surface area (Å²) in [4.78, 5) is 0. The van der Waals surface area contributed by atoms with Crippen molar-refractivity contribution in [1.29, 1.82) is 0 Å². The predicted molar refractivity (Wildman–Crippen MR) is 47.5 cm³/mol. The minimum atomic E-state index is -4.75. The Bertz CT molecular complexity index is 341. The van der Waals surface area contributed by atoms with E-state index in [-0.39, 0.29) is 5.69 Å². The molecule has 1 rings (SSSR count). The standard InChI is InChI=1S/C8H9F3N2O2/c1-14-5-2-3-7(6(4-5)13-12)15-8(9,10)11/h2-4,13H,12H2,1H3. The monoisotopic (exact) mass is 222 g/mol. The molecular weight excluding hydrogens is 213 g/mol. The van der Waals surface area contributed by atoms with E-state index in [1.54, 1.807) is 0 Å². The van der Waals surface area contributed by atoms with Crippen LogP contribution in [0.2, 0.25) is 0 Å². The number of nitrogen functional groups attached to an aromatic ring is 1. The Balaban J connectivity index is 2.97. The van der Waals surface area contributed by atoms with Crippen LogP contribution >= 0.6 is 0 Å². The summed E-state index contributed by atoms with van der Waals surface area (Å²) in [5, 5.41) is 0. The SMILES string of the molecule is COc1ccc(OC(F)(F)F)c(NN)c1. The van der Waals surface area contributed by atoms with Gasteiger partial charge in [0.15, 0.2) is 5.75 Å². The summed E-state index contributed by atoms with van der Waals surface area (Å²) in [6, 6.07) is 3.74. The number of hydrogen-bond donors (Lipinski definition) is 2. The van der Waals surface area contributed by atoms with E-state index in [1.807, 2.05) is 0 Å². The zero-order chi connectivity index (χ0) is 11.5. The van der Waals surface area contributed by atoms with Gasteiger partial charge in [-0.25, -0.2) is 0 Å². The van der Waals surface area contributed by atoms with Crippen molar-refractivity contribution in [2.45, 2.75) is 6.36 Å². The first-order valence-electron chi connectivity index (χ1n) is 3.86. The summed E-state index contributed by atoms with van der Waals surface area (Å²) in [7, 11) is 1.39. The van der Waals surface area contributed by atoms with Crippen LogP contribution in [0.4, 0.5) is 18.9 Å². The molecule has 0 heterocycles. The van der Waals surface area contributed by atoms with Gasteiger partial charge in [-0.05, 0) is 12.1 Å². The van der Waals surface area contributed by atoms with Gasteiger partial charge in [0.25, 0.3) is 0 Å². The number of halogens is 3. The van der Waals surface area contributed by atoms with Crippen molar-refractivity contribution >= 4 is 5.69 Å². The largest absolute Gasteiger partial charge is 0.573 e. The third-order valence-electron chi connectivity index (χ3n) is 1.57. The molecule has 0 aliphatic carbocycles. The Kier molecular flexibility index (Phi) is 3.25. The highest BCUT2D eigenvalue weighted by atomic mass is 19.4. The van der Waals surface area contributed by atoms with E-state index in [0.717, 1.165) is 6.07 Å². The second-order valence-electron chi connectivity index (χ2n) is 2.55. The van der Waals surface area contributed by atoms with Gasteiger partial charge in [-0.3, -0.25) is 5.84 Å². The number of rotatable bonds is 3. The van der Waals surface area contributed by atoms with Gasteiger partial charge in [0.1, 0.15) is 5.75 Å². The van der Waals surface area contributed by atoms with Gasteiger partial charge in [-0.1, -0.05) is 0 Å². The fourth-order valence-corrected chi connectivity index (χ4v) is 0.963. The van der Waals surface area contributed by atoms with E-state index in [4.69, 9.17) is 10.6 Å². The molecule has 15 heavy (non-hydrogen) atoms. The summed E-state index contributed by atoms with van der Waals surface area (Å²) in [5.41, 5.74) is 2.08. The number of benzene rings is 1. The first kappa shape index (κ1) is 11.4. The van der Waals surface area contributed by atoms with E-state index in [9.17, 15) is 13.2 Å². The second-order valence-corrected chi connectivity index (χ2v) is 2.55. The lowest BCUT2D eigenvalue weighted by Gasteiger charge is -2.13. The van der Waals surface area contributed by atoms with E-state index >= 15 is 0 Å². The molecule has 0 saturated heterocycles. The van der Waals surface area contributed by atoms with Gasteiger partial charge >= 0.3 is 6.36 Å². The first-order valence-corrected chi connectivity index (χ1v) is 3.86. The van der Waals surface area contributed by atoms with Crippen LogP contribution in [-0.4, -0.2) is 13.5 Å². The number of hydrazine groups is 1. The van der Waals surface area contributed by atoms with E-state index in [1.165, 1.54) is 19.2 Å². The normalized spacial score (nSPS) is 11.0. The highest BCUT2D eigenvalue weighted by molar-refractivity contribution is 5.59. The molecule has 0 atom stereocenters. The Hall–Kier alpha value is -1.63. The molecule has 0 aliphatic rings. The number of alkyl halides is 3. The fourth-order valence-electron chi connectivity index (χ4n) is 0.963. The Morgan fingerprint density at radius 3 is 2.47 bits per heavy atom. The lowest BCUT2D eigenvalue weighted by molar-refractivity contribution is -0.274. The Morgan fingerprint density at radius 2 is 2.00 bits per heavy atom. The predicted octanol–water partition coefficient (Wildman–Crippen LogP) is 1.88. The molecule has 1 aromatic rings. The summed E-state index contributed by atoms with van der Waals surface area (Å²) in [6.07, 6.45) is -4.75. The maximum absolute atomic E-state index is 11.9. The number of ether oxygens (including phenoxy) is 2. The third-order valence-corrected chi connectivity index (χ3v) is 1.57. The zero-order valence-corrected chi connectivity index (χ0v) is 7.76.